The molecule has 0 amide bonds. The van der Waals surface area contributed by atoms with Gasteiger partial charge < -0.3 is 5.11 Å². The molecule has 0 aliphatic rings. The minimum atomic E-state index is -1.07. The second-order valence-corrected chi connectivity index (χ2v) is 3.03. The van der Waals surface area contributed by atoms with Crippen LogP contribution in [-0.2, 0) is 0 Å². The Bertz CT molecular complexity index is 489. The van der Waals surface area contributed by atoms with Gasteiger partial charge in [-0.2, -0.15) is 0 Å². The molecule has 0 atom stereocenters. The Kier molecular flexibility index (Phi) is 2.17. The highest BCUT2D eigenvalue weighted by atomic mass is 16.4. The van der Waals surface area contributed by atoms with Gasteiger partial charge in [0.15, 0.2) is 5.69 Å². The van der Waals surface area contributed by atoms with Crippen LogP contribution in [0.2, 0.25) is 0 Å². The van der Waals surface area contributed by atoms with Crippen molar-refractivity contribution < 1.29 is 9.90 Å². The number of aryl methyl sites for hydroxylation is 1. The zero-order valence-corrected chi connectivity index (χ0v) is 7.95. The van der Waals surface area contributed by atoms with Gasteiger partial charge in [0, 0.05) is 18.6 Å². The molecule has 0 saturated carbocycles. The number of rotatable bonds is 2. The molecule has 6 heteroatoms. The number of aromatic nitrogens is 4. The Balaban J connectivity index is 2.37. The molecule has 0 bridgehead atoms. The highest BCUT2D eigenvalue weighted by Gasteiger charge is 2.08. The summed E-state index contributed by atoms with van der Waals surface area (Å²) >= 11 is 0. The molecule has 0 aliphatic carbocycles. The van der Waals surface area contributed by atoms with E-state index in [1.54, 1.807) is 12.4 Å². The van der Waals surface area contributed by atoms with Crippen molar-refractivity contribution in [1.82, 2.24) is 19.5 Å². The van der Waals surface area contributed by atoms with Crippen LogP contribution in [0, 0.1) is 6.92 Å². The van der Waals surface area contributed by atoms with Crippen LogP contribution in [0.4, 0.5) is 0 Å². The third-order valence-corrected chi connectivity index (χ3v) is 1.80. The fourth-order valence-corrected chi connectivity index (χ4v) is 1.06. The fourth-order valence-electron chi connectivity index (χ4n) is 1.06. The van der Waals surface area contributed by atoms with Crippen molar-refractivity contribution in [3.8, 4) is 5.95 Å². The van der Waals surface area contributed by atoms with Gasteiger partial charge in [-0.3, -0.25) is 4.57 Å². The van der Waals surface area contributed by atoms with Gasteiger partial charge in [0.05, 0.1) is 0 Å². The molecule has 0 saturated heterocycles. The van der Waals surface area contributed by atoms with Crippen molar-refractivity contribution in [1.29, 1.82) is 0 Å². The van der Waals surface area contributed by atoms with E-state index >= 15 is 0 Å². The van der Waals surface area contributed by atoms with Crippen LogP contribution in [0.15, 0.2) is 24.9 Å². The molecule has 2 aromatic heterocycles. The molecule has 0 aliphatic heterocycles. The summed E-state index contributed by atoms with van der Waals surface area (Å²) in [6.07, 6.45) is 6.05. The van der Waals surface area contributed by atoms with Crippen molar-refractivity contribution in [2.45, 2.75) is 6.92 Å². The van der Waals surface area contributed by atoms with E-state index in [1.807, 2.05) is 6.92 Å². The van der Waals surface area contributed by atoms with Crippen LogP contribution in [0.25, 0.3) is 5.95 Å². The summed E-state index contributed by atoms with van der Waals surface area (Å²) < 4.78 is 1.46. The standard InChI is InChI=1S/C9H8N4O2/c1-6-2-10-9(11-3-6)13-4-7(8(14)15)12-5-13/h2-5H,1H3,(H,14,15). The maximum atomic E-state index is 10.6. The van der Waals surface area contributed by atoms with Gasteiger partial charge in [-0.15, -0.1) is 0 Å². The molecule has 0 aromatic carbocycles. The number of carbonyl (C=O) groups is 1. The zero-order chi connectivity index (χ0) is 10.8. The molecule has 76 valence electrons. The lowest BCUT2D eigenvalue weighted by Crippen LogP contribution is -1.99. The lowest BCUT2D eigenvalue weighted by molar-refractivity contribution is 0.0691. The highest BCUT2D eigenvalue weighted by molar-refractivity contribution is 5.85. The Morgan fingerprint density at radius 3 is 2.53 bits per heavy atom. The van der Waals surface area contributed by atoms with Crippen LogP contribution in [-0.4, -0.2) is 30.6 Å². The first-order valence-corrected chi connectivity index (χ1v) is 4.23. The first-order valence-electron chi connectivity index (χ1n) is 4.23. The Labute approximate surface area is 85.3 Å². The van der Waals surface area contributed by atoms with E-state index in [1.165, 1.54) is 17.1 Å². The van der Waals surface area contributed by atoms with Gasteiger partial charge in [0.1, 0.15) is 6.33 Å². The van der Waals surface area contributed by atoms with Crippen LogP contribution in [0.1, 0.15) is 16.1 Å². The topological polar surface area (TPSA) is 80.9 Å². The minimum Gasteiger partial charge on any atom is -0.476 e. The van der Waals surface area contributed by atoms with E-state index in [0.29, 0.717) is 5.95 Å². The largest absolute Gasteiger partial charge is 0.476 e. The molecular formula is C9H8N4O2. The molecule has 6 nitrogen and oxygen atoms in total. The van der Waals surface area contributed by atoms with Crippen LogP contribution in [0.5, 0.6) is 0 Å². The van der Waals surface area contributed by atoms with E-state index in [0.717, 1.165) is 5.56 Å². The van der Waals surface area contributed by atoms with Gasteiger partial charge in [0.2, 0.25) is 5.95 Å². The molecule has 2 rings (SSSR count). The quantitative estimate of drug-likeness (QED) is 0.777. The monoisotopic (exact) mass is 204 g/mol. The number of imidazole rings is 1. The van der Waals surface area contributed by atoms with Gasteiger partial charge in [-0.25, -0.2) is 19.7 Å². The summed E-state index contributed by atoms with van der Waals surface area (Å²) in [6, 6.07) is 0. The third-order valence-electron chi connectivity index (χ3n) is 1.80. The SMILES string of the molecule is Cc1cnc(-n2cnc(C(=O)O)c2)nc1. The number of hydrogen-bond donors (Lipinski definition) is 1. The Morgan fingerprint density at radius 1 is 1.33 bits per heavy atom. The van der Waals surface area contributed by atoms with Crippen molar-refractivity contribution in [3.05, 3.63) is 36.2 Å². The molecule has 2 aromatic rings. The first kappa shape index (κ1) is 9.32. The summed E-state index contributed by atoms with van der Waals surface area (Å²) in [7, 11) is 0. The summed E-state index contributed by atoms with van der Waals surface area (Å²) in [5.41, 5.74) is 0.913. The predicted octanol–water partition coefficient (Wildman–Crippen LogP) is 0.669. The Hall–Kier alpha value is -2.24. The van der Waals surface area contributed by atoms with Gasteiger partial charge in [0.25, 0.3) is 0 Å². The smallest absolute Gasteiger partial charge is 0.356 e. The fraction of sp³-hybridized carbons (Fsp3) is 0.111. The molecule has 0 unspecified atom stereocenters. The number of hydrogen-bond acceptors (Lipinski definition) is 4. The summed E-state index contributed by atoms with van der Waals surface area (Å²) in [6.45, 7) is 1.88. The maximum absolute atomic E-state index is 10.6. The second kappa shape index (κ2) is 3.49. The van der Waals surface area contributed by atoms with Crippen molar-refractivity contribution in [2.75, 3.05) is 0 Å². The van der Waals surface area contributed by atoms with Gasteiger partial charge >= 0.3 is 5.97 Å². The summed E-state index contributed by atoms with van der Waals surface area (Å²) in [4.78, 5) is 22.4. The van der Waals surface area contributed by atoms with Crippen molar-refractivity contribution in [2.24, 2.45) is 0 Å². The molecular weight excluding hydrogens is 196 g/mol. The predicted molar refractivity (Wildman–Crippen MR) is 50.9 cm³/mol. The van der Waals surface area contributed by atoms with Crippen molar-refractivity contribution in [3.63, 3.8) is 0 Å². The summed E-state index contributed by atoms with van der Waals surface area (Å²) in [5, 5.41) is 8.67. The van der Waals surface area contributed by atoms with E-state index < -0.39 is 5.97 Å². The second-order valence-electron chi connectivity index (χ2n) is 3.03. The lowest BCUT2D eigenvalue weighted by atomic mass is 10.4. The lowest BCUT2D eigenvalue weighted by Gasteiger charge is -1.98. The van der Waals surface area contributed by atoms with Crippen molar-refractivity contribution >= 4 is 5.97 Å². The molecule has 1 N–H and O–H groups in total. The molecule has 2 heterocycles. The molecule has 0 spiro atoms. The number of carboxylic acids is 1. The van der Waals surface area contributed by atoms with Crippen LogP contribution in [0.3, 0.4) is 0 Å². The van der Waals surface area contributed by atoms with E-state index in [2.05, 4.69) is 15.0 Å². The average Bonchev–Trinajstić information content (AvgIpc) is 2.68. The maximum Gasteiger partial charge on any atom is 0.356 e. The average molecular weight is 204 g/mol. The minimum absolute atomic E-state index is 0.0285. The van der Waals surface area contributed by atoms with Crippen LogP contribution < -0.4 is 0 Å². The van der Waals surface area contributed by atoms with E-state index in [-0.39, 0.29) is 5.69 Å². The van der Waals surface area contributed by atoms with E-state index in [9.17, 15) is 4.79 Å². The number of carboxylic acid groups (broad SMARTS) is 1. The molecule has 0 radical (unpaired) electrons. The Morgan fingerprint density at radius 2 is 2.00 bits per heavy atom. The molecule has 15 heavy (non-hydrogen) atoms. The normalized spacial score (nSPS) is 10.2. The van der Waals surface area contributed by atoms with Crippen LogP contribution >= 0.6 is 0 Å². The van der Waals surface area contributed by atoms with E-state index in [4.69, 9.17) is 5.11 Å². The van der Waals surface area contributed by atoms with Gasteiger partial charge in [-0.05, 0) is 12.5 Å². The number of nitrogens with zero attached hydrogens (tertiary/aromatic N) is 4. The zero-order valence-electron chi connectivity index (χ0n) is 7.95. The number of aromatic carboxylic acids is 1. The van der Waals surface area contributed by atoms with Gasteiger partial charge in [-0.1, -0.05) is 0 Å². The third kappa shape index (κ3) is 1.83. The summed E-state index contributed by atoms with van der Waals surface area (Å²) in [5.74, 6) is -0.665. The molecule has 0 fully saturated rings. The first-order chi connectivity index (χ1) is 7.16. The highest BCUT2D eigenvalue weighted by Crippen LogP contribution is 2.03.